The van der Waals surface area contributed by atoms with Gasteiger partial charge in [0.25, 0.3) is 5.91 Å². The van der Waals surface area contributed by atoms with Gasteiger partial charge in [-0.3, -0.25) is 4.79 Å². The molecule has 0 fully saturated rings. The van der Waals surface area contributed by atoms with Gasteiger partial charge in [0.15, 0.2) is 0 Å². The fraction of sp³-hybridized carbons (Fsp3) is 0.462. The molecular formula is C13H16BrClFNO2. The quantitative estimate of drug-likeness (QED) is 0.556. The van der Waals surface area contributed by atoms with Gasteiger partial charge in [-0.2, -0.15) is 0 Å². The Balaban J connectivity index is 2.64. The van der Waals surface area contributed by atoms with Gasteiger partial charge < -0.3 is 9.64 Å². The number of likely N-dealkylation sites (N-methyl/N-ethyl adjacent to an activating group) is 1. The molecule has 0 heterocycles. The minimum absolute atomic E-state index is 0.141. The number of hydrogen-bond donors (Lipinski definition) is 0. The highest BCUT2D eigenvalue weighted by atomic mass is 79.9. The summed E-state index contributed by atoms with van der Waals surface area (Å²) in [6.45, 7) is 3.85. The summed E-state index contributed by atoms with van der Waals surface area (Å²) >= 11 is 8.57. The van der Waals surface area contributed by atoms with Crippen LogP contribution in [0.25, 0.3) is 0 Å². The lowest BCUT2D eigenvalue weighted by Crippen LogP contribution is -2.34. The summed E-state index contributed by atoms with van der Waals surface area (Å²) in [6, 6.07) is 4.24. The second-order valence-electron chi connectivity index (χ2n) is 3.82. The molecule has 0 N–H and O–H groups in total. The molecule has 0 saturated carbocycles. The zero-order chi connectivity index (χ0) is 14.3. The number of carbonyl (C=O) groups excluding carboxylic acids is 1. The predicted molar refractivity (Wildman–Crippen MR) is 77.2 cm³/mol. The van der Waals surface area contributed by atoms with Gasteiger partial charge in [0.05, 0.1) is 17.7 Å². The SMILES string of the molecule is CCN(CCOCCCl)C(=O)c1ccc(F)c(Br)c1. The third-order valence-electron chi connectivity index (χ3n) is 2.56. The lowest BCUT2D eigenvalue weighted by atomic mass is 10.2. The number of rotatable bonds is 7. The molecule has 0 atom stereocenters. The van der Waals surface area contributed by atoms with Crippen LogP contribution in [0.5, 0.6) is 0 Å². The lowest BCUT2D eigenvalue weighted by molar-refractivity contribution is 0.0671. The highest BCUT2D eigenvalue weighted by Gasteiger charge is 2.15. The number of benzene rings is 1. The molecule has 1 aromatic carbocycles. The van der Waals surface area contributed by atoms with E-state index in [9.17, 15) is 9.18 Å². The number of carbonyl (C=O) groups is 1. The summed E-state index contributed by atoms with van der Waals surface area (Å²) in [5.41, 5.74) is 0.451. The van der Waals surface area contributed by atoms with Crippen LogP contribution >= 0.6 is 27.5 Å². The first-order chi connectivity index (χ1) is 9.10. The lowest BCUT2D eigenvalue weighted by Gasteiger charge is -2.21. The number of hydrogen-bond acceptors (Lipinski definition) is 2. The fourth-order valence-corrected chi connectivity index (χ4v) is 2.03. The van der Waals surface area contributed by atoms with E-state index in [4.69, 9.17) is 16.3 Å². The Morgan fingerprint density at radius 3 is 2.79 bits per heavy atom. The first kappa shape index (κ1) is 16.4. The van der Waals surface area contributed by atoms with Gasteiger partial charge in [-0.25, -0.2) is 4.39 Å². The maximum Gasteiger partial charge on any atom is 0.253 e. The minimum atomic E-state index is -0.384. The van der Waals surface area contributed by atoms with Gasteiger partial charge in [0, 0.05) is 24.5 Å². The maximum atomic E-state index is 13.1. The Kier molecular flexibility index (Phi) is 7.34. The third kappa shape index (κ3) is 5.09. The molecule has 0 aliphatic heterocycles. The molecule has 1 amide bonds. The van der Waals surface area contributed by atoms with Crippen LogP contribution in [-0.4, -0.2) is 43.0 Å². The molecule has 0 aliphatic rings. The molecule has 0 unspecified atom stereocenters. The number of amides is 1. The van der Waals surface area contributed by atoms with Gasteiger partial charge in [-0.1, -0.05) is 0 Å². The van der Waals surface area contributed by atoms with Crippen LogP contribution in [0.2, 0.25) is 0 Å². The van der Waals surface area contributed by atoms with Crippen molar-refractivity contribution in [3.8, 4) is 0 Å². The van der Waals surface area contributed by atoms with Gasteiger partial charge in [-0.05, 0) is 41.1 Å². The van der Waals surface area contributed by atoms with Crippen LogP contribution in [0.1, 0.15) is 17.3 Å². The van der Waals surface area contributed by atoms with Crippen molar-refractivity contribution in [2.24, 2.45) is 0 Å². The second-order valence-corrected chi connectivity index (χ2v) is 5.05. The van der Waals surface area contributed by atoms with E-state index in [1.165, 1.54) is 18.2 Å². The van der Waals surface area contributed by atoms with Crippen LogP contribution in [0, 0.1) is 5.82 Å². The predicted octanol–water partition coefficient (Wildman–Crippen LogP) is 3.31. The average Bonchev–Trinajstić information content (AvgIpc) is 2.41. The molecule has 1 rings (SSSR count). The molecule has 106 valence electrons. The van der Waals surface area contributed by atoms with E-state index in [0.29, 0.717) is 37.7 Å². The van der Waals surface area contributed by atoms with E-state index >= 15 is 0 Å². The Labute approximate surface area is 125 Å². The van der Waals surface area contributed by atoms with Gasteiger partial charge in [-0.15, -0.1) is 11.6 Å². The van der Waals surface area contributed by atoms with Crippen molar-refractivity contribution in [1.82, 2.24) is 4.90 Å². The number of ether oxygens (including phenoxy) is 1. The summed E-state index contributed by atoms with van der Waals surface area (Å²) in [4.78, 5) is 13.9. The second kappa shape index (κ2) is 8.51. The minimum Gasteiger partial charge on any atom is -0.378 e. The number of halogens is 3. The van der Waals surface area contributed by atoms with E-state index in [0.717, 1.165) is 0 Å². The Morgan fingerprint density at radius 2 is 2.21 bits per heavy atom. The van der Waals surface area contributed by atoms with Crippen LogP contribution in [0.4, 0.5) is 4.39 Å². The number of alkyl halides is 1. The topological polar surface area (TPSA) is 29.5 Å². The van der Waals surface area contributed by atoms with Crippen molar-refractivity contribution in [3.63, 3.8) is 0 Å². The van der Waals surface area contributed by atoms with Crippen LogP contribution < -0.4 is 0 Å². The molecule has 6 heteroatoms. The largest absolute Gasteiger partial charge is 0.378 e. The van der Waals surface area contributed by atoms with Crippen LogP contribution in [0.3, 0.4) is 0 Å². The summed E-state index contributed by atoms with van der Waals surface area (Å²) in [7, 11) is 0. The van der Waals surface area contributed by atoms with Gasteiger partial charge in [0.2, 0.25) is 0 Å². The molecule has 3 nitrogen and oxygen atoms in total. The smallest absolute Gasteiger partial charge is 0.253 e. The van der Waals surface area contributed by atoms with E-state index in [1.807, 2.05) is 6.92 Å². The van der Waals surface area contributed by atoms with E-state index in [-0.39, 0.29) is 16.2 Å². The summed E-state index contributed by atoms with van der Waals surface area (Å²) in [6.07, 6.45) is 0. The van der Waals surface area contributed by atoms with Gasteiger partial charge >= 0.3 is 0 Å². The summed E-state index contributed by atoms with van der Waals surface area (Å²) < 4.78 is 18.7. The molecule has 0 radical (unpaired) electrons. The fourth-order valence-electron chi connectivity index (χ4n) is 1.55. The molecule has 0 bridgehead atoms. The van der Waals surface area contributed by atoms with Crippen molar-refractivity contribution in [3.05, 3.63) is 34.1 Å². The van der Waals surface area contributed by atoms with Gasteiger partial charge in [0.1, 0.15) is 5.82 Å². The Bertz CT molecular complexity index is 431. The Morgan fingerprint density at radius 1 is 1.47 bits per heavy atom. The van der Waals surface area contributed by atoms with Crippen LogP contribution in [-0.2, 0) is 4.74 Å². The molecule has 0 aromatic heterocycles. The van der Waals surface area contributed by atoms with Crippen molar-refractivity contribution in [2.75, 3.05) is 32.2 Å². The normalized spacial score (nSPS) is 10.5. The van der Waals surface area contributed by atoms with Crippen molar-refractivity contribution < 1.29 is 13.9 Å². The Hall–Kier alpha value is -0.650. The van der Waals surface area contributed by atoms with E-state index in [1.54, 1.807) is 4.90 Å². The number of nitrogens with zero attached hydrogens (tertiary/aromatic N) is 1. The summed E-state index contributed by atoms with van der Waals surface area (Å²) in [5, 5.41) is 0. The highest BCUT2D eigenvalue weighted by molar-refractivity contribution is 9.10. The van der Waals surface area contributed by atoms with Crippen molar-refractivity contribution in [2.45, 2.75) is 6.92 Å². The molecule has 0 spiro atoms. The molecule has 0 aliphatic carbocycles. The van der Waals surface area contributed by atoms with Crippen molar-refractivity contribution >= 4 is 33.4 Å². The molecule has 19 heavy (non-hydrogen) atoms. The van der Waals surface area contributed by atoms with E-state index in [2.05, 4.69) is 15.9 Å². The standard InChI is InChI=1S/C13H16BrClFNO2/c1-2-17(6-8-19-7-5-15)13(18)10-3-4-12(16)11(14)9-10/h3-4,9H,2,5-8H2,1H3. The first-order valence-electron chi connectivity index (χ1n) is 5.98. The maximum absolute atomic E-state index is 13.1. The summed E-state index contributed by atoms with van der Waals surface area (Å²) in [5.74, 6) is -0.0898. The first-order valence-corrected chi connectivity index (χ1v) is 7.31. The van der Waals surface area contributed by atoms with Crippen molar-refractivity contribution in [1.29, 1.82) is 0 Å². The van der Waals surface area contributed by atoms with Crippen LogP contribution in [0.15, 0.2) is 22.7 Å². The monoisotopic (exact) mass is 351 g/mol. The zero-order valence-corrected chi connectivity index (χ0v) is 13.0. The zero-order valence-electron chi connectivity index (χ0n) is 10.7. The molecule has 0 saturated heterocycles. The van der Waals surface area contributed by atoms with E-state index < -0.39 is 0 Å². The third-order valence-corrected chi connectivity index (χ3v) is 3.32. The average molecular weight is 353 g/mol. The molecule has 1 aromatic rings. The molecular weight excluding hydrogens is 337 g/mol. The highest BCUT2D eigenvalue weighted by Crippen LogP contribution is 2.18.